The van der Waals surface area contributed by atoms with Crippen LogP contribution < -0.4 is 5.73 Å². The van der Waals surface area contributed by atoms with Gasteiger partial charge in [-0.1, -0.05) is 12.1 Å². The van der Waals surface area contributed by atoms with Gasteiger partial charge in [0.15, 0.2) is 0 Å². The molecule has 8 heteroatoms. The van der Waals surface area contributed by atoms with Crippen LogP contribution in [0.5, 0.6) is 0 Å². The summed E-state index contributed by atoms with van der Waals surface area (Å²) < 4.78 is 0. The second kappa shape index (κ2) is 6.67. The molecule has 0 radical (unpaired) electrons. The molecule has 0 spiro atoms. The predicted octanol–water partition coefficient (Wildman–Crippen LogP) is 2.61. The zero-order valence-corrected chi connectivity index (χ0v) is 13.0. The zero-order chi connectivity index (χ0) is 16.2. The van der Waals surface area contributed by atoms with Gasteiger partial charge in [-0.2, -0.15) is 0 Å². The van der Waals surface area contributed by atoms with Gasteiger partial charge >= 0.3 is 0 Å². The summed E-state index contributed by atoms with van der Waals surface area (Å²) in [7, 11) is 0. The number of nitrogens with two attached hydrogens (primary N) is 1. The van der Waals surface area contributed by atoms with Crippen molar-refractivity contribution in [1.82, 2.24) is 15.0 Å². The SMILES string of the molecule is N[C@@H](Cc1ccc([N+](=O)[O-])cc1)c1csc(Cc2cnc[nH]2)n1. The highest BCUT2D eigenvalue weighted by molar-refractivity contribution is 7.09. The van der Waals surface area contributed by atoms with Crippen LogP contribution in [0, 0.1) is 10.1 Å². The second-order valence-corrected chi connectivity index (χ2v) is 6.10. The number of aromatic nitrogens is 3. The number of nitro groups is 1. The molecule has 0 saturated heterocycles. The molecule has 0 bridgehead atoms. The van der Waals surface area contributed by atoms with Gasteiger partial charge in [-0.3, -0.25) is 10.1 Å². The summed E-state index contributed by atoms with van der Waals surface area (Å²) >= 11 is 1.56. The highest BCUT2D eigenvalue weighted by atomic mass is 32.1. The van der Waals surface area contributed by atoms with E-state index in [9.17, 15) is 10.1 Å². The van der Waals surface area contributed by atoms with Gasteiger partial charge in [-0.05, 0) is 12.0 Å². The summed E-state index contributed by atoms with van der Waals surface area (Å²) in [6.07, 6.45) is 4.71. The van der Waals surface area contributed by atoms with E-state index in [-0.39, 0.29) is 11.7 Å². The number of nitrogens with one attached hydrogen (secondary N) is 1. The van der Waals surface area contributed by atoms with E-state index in [1.54, 1.807) is 36.0 Å². The summed E-state index contributed by atoms with van der Waals surface area (Å²) in [6, 6.07) is 6.22. The zero-order valence-electron chi connectivity index (χ0n) is 12.2. The molecule has 3 N–H and O–H groups in total. The first kappa shape index (κ1) is 15.3. The maximum atomic E-state index is 10.7. The molecule has 7 nitrogen and oxygen atoms in total. The second-order valence-electron chi connectivity index (χ2n) is 5.15. The minimum absolute atomic E-state index is 0.0813. The van der Waals surface area contributed by atoms with Crippen LogP contribution >= 0.6 is 11.3 Å². The number of rotatable bonds is 6. The summed E-state index contributed by atoms with van der Waals surface area (Å²) in [5.41, 5.74) is 9.08. The highest BCUT2D eigenvalue weighted by Crippen LogP contribution is 2.21. The van der Waals surface area contributed by atoms with Crippen molar-refractivity contribution >= 4 is 17.0 Å². The van der Waals surface area contributed by atoms with E-state index in [1.165, 1.54) is 12.1 Å². The van der Waals surface area contributed by atoms with Crippen molar-refractivity contribution in [2.24, 2.45) is 5.73 Å². The summed E-state index contributed by atoms with van der Waals surface area (Å²) in [5.74, 6) is 0. The Morgan fingerprint density at radius 3 is 2.78 bits per heavy atom. The third-order valence-electron chi connectivity index (χ3n) is 3.45. The Kier molecular flexibility index (Phi) is 4.45. The monoisotopic (exact) mass is 329 g/mol. The van der Waals surface area contributed by atoms with Crippen molar-refractivity contribution in [1.29, 1.82) is 0 Å². The van der Waals surface area contributed by atoms with Gasteiger partial charge < -0.3 is 10.7 Å². The van der Waals surface area contributed by atoms with Crippen molar-refractivity contribution in [2.45, 2.75) is 18.9 Å². The van der Waals surface area contributed by atoms with E-state index in [1.807, 2.05) is 5.38 Å². The van der Waals surface area contributed by atoms with Gasteiger partial charge in [-0.25, -0.2) is 9.97 Å². The molecule has 0 amide bonds. The van der Waals surface area contributed by atoms with Gasteiger partial charge in [-0.15, -0.1) is 11.3 Å². The first-order valence-corrected chi connectivity index (χ1v) is 7.90. The molecule has 0 aliphatic rings. The highest BCUT2D eigenvalue weighted by Gasteiger charge is 2.13. The lowest BCUT2D eigenvalue weighted by Gasteiger charge is -2.08. The van der Waals surface area contributed by atoms with E-state index in [0.717, 1.165) is 22.0 Å². The van der Waals surface area contributed by atoms with Crippen LogP contribution in [0.3, 0.4) is 0 Å². The lowest BCUT2D eigenvalue weighted by molar-refractivity contribution is -0.384. The number of H-pyrrole nitrogens is 1. The maximum absolute atomic E-state index is 10.7. The van der Waals surface area contributed by atoms with Crippen LogP contribution in [0.1, 0.15) is 28.0 Å². The molecule has 118 valence electrons. The van der Waals surface area contributed by atoms with Crippen LogP contribution in [0.25, 0.3) is 0 Å². The lowest BCUT2D eigenvalue weighted by atomic mass is 10.0. The molecule has 1 atom stereocenters. The Balaban J connectivity index is 1.65. The van der Waals surface area contributed by atoms with Crippen molar-refractivity contribution < 1.29 is 4.92 Å². The topological polar surface area (TPSA) is 111 Å². The van der Waals surface area contributed by atoms with E-state index >= 15 is 0 Å². The number of hydrogen-bond acceptors (Lipinski definition) is 6. The lowest BCUT2D eigenvalue weighted by Crippen LogP contribution is -2.14. The van der Waals surface area contributed by atoms with Gasteiger partial charge in [0.05, 0.1) is 28.0 Å². The summed E-state index contributed by atoms with van der Waals surface area (Å²) in [6.45, 7) is 0. The molecular weight excluding hydrogens is 314 g/mol. The maximum Gasteiger partial charge on any atom is 0.269 e. The fraction of sp³-hybridized carbons (Fsp3) is 0.200. The standard InChI is InChI=1S/C15H15N5O2S/c16-13(5-10-1-3-12(4-2-10)20(21)22)14-8-23-15(19-14)6-11-7-17-9-18-11/h1-4,7-9,13H,5-6,16H2,(H,17,18)/t13-/m0/s1. The molecular formula is C15H15N5O2S. The quantitative estimate of drug-likeness (QED) is 0.533. The number of aromatic amines is 1. The first-order valence-electron chi connectivity index (χ1n) is 7.02. The van der Waals surface area contributed by atoms with Crippen LogP contribution in [0.15, 0.2) is 42.2 Å². The van der Waals surface area contributed by atoms with Gasteiger partial charge in [0.1, 0.15) is 0 Å². The van der Waals surface area contributed by atoms with Gasteiger partial charge in [0.25, 0.3) is 5.69 Å². The number of imidazole rings is 1. The van der Waals surface area contributed by atoms with E-state index < -0.39 is 4.92 Å². The van der Waals surface area contributed by atoms with Crippen molar-refractivity contribution in [3.8, 4) is 0 Å². The Labute approximate surface area is 136 Å². The van der Waals surface area contributed by atoms with Crippen LogP contribution in [-0.2, 0) is 12.8 Å². The summed E-state index contributed by atoms with van der Waals surface area (Å²) in [4.78, 5) is 21.8. The average Bonchev–Trinajstić information content (AvgIpc) is 3.20. The molecule has 2 aromatic heterocycles. The van der Waals surface area contributed by atoms with Crippen molar-refractivity contribution in [3.63, 3.8) is 0 Å². The third kappa shape index (κ3) is 3.79. The van der Waals surface area contributed by atoms with Crippen LogP contribution in [-0.4, -0.2) is 19.9 Å². The molecule has 23 heavy (non-hydrogen) atoms. The molecule has 3 rings (SSSR count). The Bertz CT molecular complexity index is 783. The first-order chi connectivity index (χ1) is 11.1. The molecule has 0 unspecified atom stereocenters. The number of non-ortho nitro benzene ring substituents is 1. The number of nitro benzene ring substituents is 1. The molecule has 3 aromatic rings. The average molecular weight is 329 g/mol. The smallest absolute Gasteiger partial charge is 0.269 e. The Hall–Kier alpha value is -2.58. The molecule has 0 aliphatic carbocycles. The fourth-order valence-electron chi connectivity index (χ4n) is 2.23. The number of hydrogen-bond donors (Lipinski definition) is 2. The van der Waals surface area contributed by atoms with Crippen molar-refractivity contribution in [2.75, 3.05) is 0 Å². The molecule has 1 aromatic carbocycles. The Morgan fingerprint density at radius 1 is 1.35 bits per heavy atom. The minimum atomic E-state index is -0.411. The van der Waals surface area contributed by atoms with Crippen LogP contribution in [0.2, 0.25) is 0 Å². The van der Waals surface area contributed by atoms with E-state index in [2.05, 4.69) is 15.0 Å². The molecule has 0 fully saturated rings. The molecule has 0 aliphatic heterocycles. The normalized spacial score (nSPS) is 12.2. The van der Waals surface area contributed by atoms with Crippen molar-refractivity contribution in [3.05, 3.63) is 74.2 Å². The fourth-order valence-corrected chi connectivity index (χ4v) is 3.11. The summed E-state index contributed by atoms with van der Waals surface area (Å²) in [5, 5.41) is 13.6. The predicted molar refractivity (Wildman–Crippen MR) is 87.2 cm³/mol. The van der Waals surface area contributed by atoms with E-state index in [0.29, 0.717) is 12.8 Å². The number of thiazole rings is 1. The molecule has 2 heterocycles. The third-order valence-corrected chi connectivity index (χ3v) is 4.32. The minimum Gasteiger partial charge on any atom is -0.348 e. The van der Waals surface area contributed by atoms with Crippen LogP contribution in [0.4, 0.5) is 5.69 Å². The molecule has 0 saturated carbocycles. The Morgan fingerprint density at radius 2 is 2.13 bits per heavy atom. The number of benzene rings is 1. The largest absolute Gasteiger partial charge is 0.348 e. The van der Waals surface area contributed by atoms with E-state index in [4.69, 9.17) is 5.73 Å². The number of nitrogens with zero attached hydrogens (tertiary/aromatic N) is 3. The van der Waals surface area contributed by atoms with Gasteiger partial charge in [0.2, 0.25) is 0 Å². The van der Waals surface area contributed by atoms with Gasteiger partial charge in [0, 0.05) is 35.8 Å².